The van der Waals surface area contributed by atoms with Crippen LogP contribution in [0.2, 0.25) is 0 Å². The summed E-state index contributed by atoms with van der Waals surface area (Å²) >= 11 is 0. The number of nitro benzene ring substituents is 1. The molecule has 22 heavy (non-hydrogen) atoms. The second kappa shape index (κ2) is 6.66. The first kappa shape index (κ1) is 15.4. The molecule has 0 unspecified atom stereocenters. The van der Waals surface area contributed by atoms with Crippen molar-refractivity contribution < 1.29 is 9.72 Å². The molecule has 0 atom stereocenters. The van der Waals surface area contributed by atoms with Gasteiger partial charge in [-0.15, -0.1) is 0 Å². The predicted octanol–water partition coefficient (Wildman–Crippen LogP) is 2.02. The maximum absolute atomic E-state index is 11.8. The molecule has 0 aliphatic rings. The van der Waals surface area contributed by atoms with Crippen molar-refractivity contribution in [3.63, 3.8) is 0 Å². The number of rotatable bonds is 5. The lowest BCUT2D eigenvalue weighted by Gasteiger charge is -2.04. The van der Waals surface area contributed by atoms with Crippen molar-refractivity contribution in [2.45, 2.75) is 13.3 Å². The molecule has 0 saturated carbocycles. The summed E-state index contributed by atoms with van der Waals surface area (Å²) in [7, 11) is 1.86. The summed E-state index contributed by atoms with van der Waals surface area (Å²) in [5.41, 5.74) is 4.42. The van der Waals surface area contributed by atoms with Crippen LogP contribution in [0.1, 0.15) is 18.2 Å². The van der Waals surface area contributed by atoms with Crippen LogP contribution in [-0.4, -0.2) is 21.1 Å². The zero-order valence-corrected chi connectivity index (χ0v) is 12.3. The number of nitrogens with zero attached hydrogens (tertiary/aromatic N) is 3. The van der Waals surface area contributed by atoms with Crippen LogP contribution in [0.25, 0.3) is 0 Å². The van der Waals surface area contributed by atoms with Gasteiger partial charge < -0.3 is 4.57 Å². The summed E-state index contributed by atoms with van der Waals surface area (Å²) in [6.07, 6.45) is 2.08. The molecule has 1 heterocycles. The van der Waals surface area contributed by atoms with Gasteiger partial charge in [0.2, 0.25) is 5.91 Å². The first-order valence-electron chi connectivity index (χ1n) is 6.65. The molecule has 0 aliphatic heterocycles. The lowest BCUT2D eigenvalue weighted by Crippen LogP contribution is -2.22. The number of aromatic nitrogens is 1. The highest BCUT2D eigenvalue weighted by Crippen LogP contribution is 2.13. The lowest BCUT2D eigenvalue weighted by atomic mass is 10.1. The number of hydrogen-bond acceptors (Lipinski definition) is 4. The van der Waals surface area contributed by atoms with Crippen LogP contribution in [0.4, 0.5) is 5.69 Å². The molecule has 0 saturated heterocycles. The summed E-state index contributed by atoms with van der Waals surface area (Å²) in [6, 6.07) is 9.83. The molecule has 1 aromatic heterocycles. The van der Waals surface area contributed by atoms with Crippen LogP contribution in [0, 0.1) is 10.1 Å². The first-order chi connectivity index (χ1) is 10.5. The van der Waals surface area contributed by atoms with Crippen LogP contribution < -0.4 is 5.43 Å². The van der Waals surface area contributed by atoms with Gasteiger partial charge in [-0.2, -0.15) is 5.10 Å². The molecule has 2 rings (SSSR count). The minimum absolute atomic E-state index is 0.0119. The van der Waals surface area contributed by atoms with Crippen molar-refractivity contribution in [2.75, 3.05) is 0 Å². The Hall–Kier alpha value is -2.96. The van der Waals surface area contributed by atoms with E-state index in [2.05, 4.69) is 10.5 Å². The minimum Gasteiger partial charge on any atom is -0.354 e. The Labute approximate surface area is 127 Å². The van der Waals surface area contributed by atoms with Gasteiger partial charge in [0, 0.05) is 36.6 Å². The molecule has 2 aromatic rings. The monoisotopic (exact) mass is 300 g/mol. The van der Waals surface area contributed by atoms with E-state index in [1.165, 1.54) is 12.1 Å². The quantitative estimate of drug-likeness (QED) is 0.520. The van der Waals surface area contributed by atoms with Crippen LogP contribution in [0.5, 0.6) is 0 Å². The minimum atomic E-state index is -0.467. The molecule has 1 amide bonds. The summed E-state index contributed by atoms with van der Waals surface area (Å²) in [5.74, 6) is -0.244. The predicted molar refractivity (Wildman–Crippen MR) is 82.6 cm³/mol. The van der Waals surface area contributed by atoms with Gasteiger partial charge in [-0.3, -0.25) is 14.9 Å². The number of nitrogens with one attached hydrogen (secondary N) is 1. The fraction of sp³-hybridized carbons (Fsp3) is 0.200. The topological polar surface area (TPSA) is 89.5 Å². The first-order valence-corrected chi connectivity index (χ1v) is 6.65. The number of aryl methyl sites for hydroxylation is 1. The number of hydrogen-bond donors (Lipinski definition) is 1. The summed E-state index contributed by atoms with van der Waals surface area (Å²) in [4.78, 5) is 22.1. The van der Waals surface area contributed by atoms with E-state index < -0.39 is 4.92 Å². The summed E-state index contributed by atoms with van der Waals surface area (Å²) < 4.78 is 1.86. The molecule has 114 valence electrons. The third-order valence-electron chi connectivity index (χ3n) is 3.22. The van der Waals surface area contributed by atoms with Crippen molar-refractivity contribution in [2.24, 2.45) is 12.1 Å². The van der Waals surface area contributed by atoms with Crippen LogP contribution in [0.15, 0.2) is 47.7 Å². The summed E-state index contributed by atoms with van der Waals surface area (Å²) in [5, 5.41) is 14.7. The third-order valence-corrected chi connectivity index (χ3v) is 3.22. The third kappa shape index (κ3) is 3.78. The second-order valence-electron chi connectivity index (χ2n) is 4.83. The Kier molecular flexibility index (Phi) is 4.67. The van der Waals surface area contributed by atoms with Gasteiger partial charge in [0.05, 0.1) is 17.1 Å². The van der Waals surface area contributed by atoms with Crippen molar-refractivity contribution in [3.05, 3.63) is 64.0 Å². The van der Waals surface area contributed by atoms with Gasteiger partial charge in [0.15, 0.2) is 0 Å². The highest BCUT2D eigenvalue weighted by atomic mass is 16.6. The number of carbonyl (C=O) groups excluding carboxylic acids is 1. The van der Waals surface area contributed by atoms with Gasteiger partial charge in [0.1, 0.15) is 0 Å². The van der Waals surface area contributed by atoms with E-state index in [9.17, 15) is 14.9 Å². The van der Waals surface area contributed by atoms with Gasteiger partial charge in [0.25, 0.3) is 5.69 Å². The normalized spacial score (nSPS) is 11.3. The second-order valence-corrected chi connectivity index (χ2v) is 4.83. The fourth-order valence-electron chi connectivity index (χ4n) is 1.94. The molecule has 7 nitrogen and oxygen atoms in total. The molecule has 0 spiro atoms. The van der Waals surface area contributed by atoms with E-state index in [1.54, 1.807) is 19.1 Å². The maximum Gasteiger partial charge on any atom is 0.270 e. The standard InChI is InChI=1S/C15H16N4O3/c1-11(12-5-3-6-14(9-12)19(21)22)16-17-15(20)10-13-7-4-8-18(13)2/h3-9H,10H2,1-2H3,(H,17,20). The molecule has 0 bridgehead atoms. The Morgan fingerprint density at radius 1 is 1.36 bits per heavy atom. The lowest BCUT2D eigenvalue weighted by molar-refractivity contribution is -0.384. The summed E-state index contributed by atoms with van der Waals surface area (Å²) in [6.45, 7) is 1.68. The maximum atomic E-state index is 11.8. The number of benzene rings is 1. The van der Waals surface area contributed by atoms with E-state index >= 15 is 0 Å². The van der Waals surface area contributed by atoms with E-state index in [-0.39, 0.29) is 18.0 Å². The molecule has 1 aromatic carbocycles. The van der Waals surface area contributed by atoms with Crippen molar-refractivity contribution in [1.82, 2.24) is 9.99 Å². The van der Waals surface area contributed by atoms with E-state index in [0.29, 0.717) is 11.3 Å². The highest BCUT2D eigenvalue weighted by Gasteiger charge is 2.08. The number of non-ortho nitro benzene ring substituents is 1. The van der Waals surface area contributed by atoms with E-state index in [1.807, 2.05) is 29.9 Å². The average molecular weight is 300 g/mol. The van der Waals surface area contributed by atoms with Crippen LogP contribution in [-0.2, 0) is 18.3 Å². The smallest absolute Gasteiger partial charge is 0.270 e. The Morgan fingerprint density at radius 3 is 2.77 bits per heavy atom. The van der Waals surface area contributed by atoms with Crippen molar-refractivity contribution >= 4 is 17.3 Å². The number of amides is 1. The Bertz CT molecular complexity index is 734. The Morgan fingerprint density at radius 2 is 2.14 bits per heavy atom. The van der Waals surface area contributed by atoms with Gasteiger partial charge >= 0.3 is 0 Å². The molecular weight excluding hydrogens is 284 g/mol. The molecule has 0 radical (unpaired) electrons. The number of hydrazone groups is 1. The number of carbonyl (C=O) groups is 1. The molecular formula is C15H16N4O3. The number of nitro groups is 1. The fourth-order valence-corrected chi connectivity index (χ4v) is 1.94. The Balaban J connectivity index is 2.03. The molecule has 7 heteroatoms. The van der Waals surface area contributed by atoms with Crippen molar-refractivity contribution in [3.8, 4) is 0 Å². The molecule has 1 N–H and O–H groups in total. The van der Waals surface area contributed by atoms with Gasteiger partial charge in [-0.1, -0.05) is 12.1 Å². The van der Waals surface area contributed by atoms with Crippen molar-refractivity contribution in [1.29, 1.82) is 0 Å². The zero-order chi connectivity index (χ0) is 16.1. The van der Waals surface area contributed by atoms with Gasteiger partial charge in [-0.25, -0.2) is 5.43 Å². The van der Waals surface area contributed by atoms with E-state index in [0.717, 1.165) is 5.69 Å². The van der Waals surface area contributed by atoms with Gasteiger partial charge in [-0.05, 0) is 19.1 Å². The molecule has 0 aliphatic carbocycles. The van der Waals surface area contributed by atoms with Crippen LogP contribution in [0.3, 0.4) is 0 Å². The average Bonchev–Trinajstić information content (AvgIpc) is 2.90. The highest BCUT2D eigenvalue weighted by molar-refractivity contribution is 5.99. The van der Waals surface area contributed by atoms with Crippen LogP contribution >= 0.6 is 0 Å². The SMILES string of the molecule is CC(=NNC(=O)Cc1cccn1C)c1cccc([N+](=O)[O-])c1. The van der Waals surface area contributed by atoms with E-state index in [4.69, 9.17) is 0 Å². The molecule has 0 fully saturated rings. The largest absolute Gasteiger partial charge is 0.354 e. The zero-order valence-electron chi connectivity index (χ0n) is 12.3.